The van der Waals surface area contributed by atoms with Crippen LogP contribution in [0.15, 0.2) is 24.3 Å². The standard InChI is InChI=1S/C18H22FN3O3S/c1-4-5-6-15-20-11(2)16(26-15)18(24)22-21-17(23)12(3)25-14-9-7-13(19)8-10-14/h7-10,12H,4-6H2,1-3H3,(H,21,23)(H,22,24). The Hall–Kier alpha value is -2.48. The fourth-order valence-electron chi connectivity index (χ4n) is 2.15. The van der Waals surface area contributed by atoms with Gasteiger partial charge in [-0.2, -0.15) is 0 Å². The number of unbranched alkanes of at least 4 members (excludes halogenated alkanes) is 1. The number of aryl methyl sites for hydroxylation is 2. The second kappa shape index (κ2) is 9.28. The number of ether oxygens (including phenoxy) is 1. The van der Waals surface area contributed by atoms with Crippen molar-refractivity contribution in [2.45, 2.75) is 46.1 Å². The lowest BCUT2D eigenvalue weighted by Crippen LogP contribution is -2.47. The van der Waals surface area contributed by atoms with E-state index in [1.807, 2.05) is 0 Å². The molecule has 1 atom stereocenters. The average molecular weight is 379 g/mol. The first kappa shape index (κ1) is 19.8. The Kier molecular flexibility index (Phi) is 7.08. The van der Waals surface area contributed by atoms with Gasteiger partial charge in [-0.3, -0.25) is 20.4 Å². The molecule has 8 heteroatoms. The van der Waals surface area contributed by atoms with Crippen molar-refractivity contribution in [3.8, 4) is 5.75 Å². The third-order valence-electron chi connectivity index (χ3n) is 3.59. The van der Waals surface area contributed by atoms with E-state index in [-0.39, 0.29) is 5.82 Å². The van der Waals surface area contributed by atoms with E-state index in [9.17, 15) is 14.0 Å². The Morgan fingerprint density at radius 2 is 1.96 bits per heavy atom. The molecule has 0 aliphatic rings. The third kappa shape index (κ3) is 5.52. The number of thiazole rings is 1. The second-order valence-corrected chi connectivity index (χ2v) is 6.87. The van der Waals surface area contributed by atoms with Crippen molar-refractivity contribution in [3.63, 3.8) is 0 Å². The van der Waals surface area contributed by atoms with Gasteiger partial charge in [0.1, 0.15) is 16.4 Å². The van der Waals surface area contributed by atoms with Crippen LogP contribution in [-0.2, 0) is 11.2 Å². The summed E-state index contributed by atoms with van der Waals surface area (Å²) in [6, 6.07) is 5.33. The maximum Gasteiger partial charge on any atom is 0.281 e. The molecule has 0 aliphatic carbocycles. The molecule has 0 radical (unpaired) electrons. The molecule has 0 fully saturated rings. The van der Waals surface area contributed by atoms with Crippen molar-refractivity contribution in [2.24, 2.45) is 0 Å². The number of aromatic nitrogens is 1. The van der Waals surface area contributed by atoms with Gasteiger partial charge in [0.05, 0.1) is 10.7 Å². The van der Waals surface area contributed by atoms with E-state index in [0.29, 0.717) is 16.3 Å². The van der Waals surface area contributed by atoms with Crippen LogP contribution in [0.1, 0.15) is 47.1 Å². The minimum absolute atomic E-state index is 0.360. The van der Waals surface area contributed by atoms with E-state index in [2.05, 4.69) is 22.8 Å². The predicted octanol–water partition coefficient (Wildman–Crippen LogP) is 3.16. The van der Waals surface area contributed by atoms with Gasteiger partial charge in [-0.05, 0) is 51.0 Å². The van der Waals surface area contributed by atoms with Crippen molar-refractivity contribution in [1.29, 1.82) is 0 Å². The Morgan fingerprint density at radius 3 is 2.62 bits per heavy atom. The summed E-state index contributed by atoms with van der Waals surface area (Å²) in [5.74, 6) is -0.958. The summed E-state index contributed by atoms with van der Waals surface area (Å²) >= 11 is 1.33. The lowest BCUT2D eigenvalue weighted by atomic mass is 10.3. The van der Waals surface area contributed by atoms with Crippen LogP contribution in [-0.4, -0.2) is 22.9 Å². The summed E-state index contributed by atoms with van der Waals surface area (Å²) in [4.78, 5) is 29.1. The van der Waals surface area contributed by atoms with Crippen LogP contribution in [0, 0.1) is 12.7 Å². The summed E-state index contributed by atoms with van der Waals surface area (Å²) in [6.07, 6.45) is 2.05. The molecule has 0 aliphatic heterocycles. The number of amides is 2. The number of hydrogen-bond acceptors (Lipinski definition) is 5. The van der Waals surface area contributed by atoms with Gasteiger partial charge in [-0.25, -0.2) is 9.37 Å². The molecule has 26 heavy (non-hydrogen) atoms. The zero-order valence-electron chi connectivity index (χ0n) is 15.0. The van der Waals surface area contributed by atoms with Gasteiger partial charge in [0.25, 0.3) is 11.8 Å². The summed E-state index contributed by atoms with van der Waals surface area (Å²) in [7, 11) is 0. The minimum Gasteiger partial charge on any atom is -0.481 e. The Labute approximate surface area is 155 Å². The van der Waals surface area contributed by atoms with Crippen molar-refractivity contribution in [1.82, 2.24) is 15.8 Å². The van der Waals surface area contributed by atoms with Crippen molar-refractivity contribution >= 4 is 23.2 Å². The number of halogens is 1. The van der Waals surface area contributed by atoms with Crippen LogP contribution in [0.3, 0.4) is 0 Å². The smallest absolute Gasteiger partial charge is 0.281 e. The van der Waals surface area contributed by atoms with Crippen LogP contribution < -0.4 is 15.6 Å². The van der Waals surface area contributed by atoms with E-state index in [1.165, 1.54) is 42.5 Å². The largest absolute Gasteiger partial charge is 0.481 e. The number of hydrazine groups is 1. The zero-order valence-corrected chi connectivity index (χ0v) is 15.8. The first-order chi connectivity index (χ1) is 12.4. The maximum atomic E-state index is 12.9. The lowest BCUT2D eigenvalue weighted by Gasteiger charge is -2.15. The van der Waals surface area contributed by atoms with E-state index in [1.54, 1.807) is 6.92 Å². The normalized spacial score (nSPS) is 11.7. The van der Waals surface area contributed by atoms with Crippen LogP contribution >= 0.6 is 11.3 Å². The highest BCUT2D eigenvalue weighted by molar-refractivity contribution is 7.13. The molecule has 0 saturated carbocycles. The second-order valence-electron chi connectivity index (χ2n) is 5.78. The molecule has 140 valence electrons. The highest BCUT2D eigenvalue weighted by Gasteiger charge is 2.19. The first-order valence-corrected chi connectivity index (χ1v) is 9.21. The summed E-state index contributed by atoms with van der Waals surface area (Å²) in [6.45, 7) is 5.40. The lowest BCUT2D eigenvalue weighted by molar-refractivity contribution is -0.128. The minimum atomic E-state index is -0.858. The predicted molar refractivity (Wildman–Crippen MR) is 97.6 cm³/mol. The highest BCUT2D eigenvalue weighted by Crippen LogP contribution is 2.19. The molecule has 1 aromatic carbocycles. The van der Waals surface area contributed by atoms with Gasteiger partial charge >= 0.3 is 0 Å². The number of nitrogens with one attached hydrogen (secondary N) is 2. The number of carbonyl (C=O) groups excluding carboxylic acids is 2. The third-order valence-corrected chi connectivity index (χ3v) is 4.80. The van der Waals surface area contributed by atoms with Gasteiger partial charge in [0.2, 0.25) is 0 Å². The van der Waals surface area contributed by atoms with Gasteiger partial charge in [-0.15, -0.1) is 11.3 Å². The Morgan fingerprint density at radius 1 is 1.27 bits per heavy atom. The number of carbonyl (C=O) groups is 2. The fourth-order valence-corrected chi connectivity index (χ4v) is 3.15. The molecule has 2 N–H and O–H groups in total. The topological polar surface area (TPSA) is 80.3 Å². The number of rotatable bonds is 7. The number of benzene rings is 1. The van der Waals surface area contributed by atoms with Crippen molar-refractivity contribution < 1.29 is 18.7 Å². The summed E-state index contributed by atoms with van der Waals surface area (Å²) in [5.41, 5.74) is 5.35. The average Bonchev–Trinajstić information content (AvgIpc) is 3.00. The quantitative estimate of drug-likeness (QED) is 0.724. The van der Waals surface area contributed by atoms with Gasteiger partial charge in [-0.1, -0.05) is 13.3 Å². The fraction of sp³-hybridized carbons (Fsp3) is 0.389. The first-order valence-electron chi connectivity index (χ1n) is 8.39. The summed E-state index contributed by atoms with van der Waals surface area (Å²) < 4.78 is 18.3. The summed E-state index contributed by atoms with van der Waals surface area (Å²) in [5, 5.41) is 0.911. The molecule has 1 unspecified atom stereocenters. The van der Waals surface area contributed by atoms with Crippen LogP contribution in [0.25, 0.3) is 0 Å². The van der Waals surface area contributed by atoms with Crippen LogP contribution in [0.2, 0.25) is 0 Å². The molecule has 0 saturated heterocycles. The van der Waals surface area contributed by atoms with Gasteiger partial charge in [0.15, 0.2) is 6.10 Å². The highest BCUT2D eigenvalue weighted by atomic mass is 32.1. The molecule has 2 rings (SSSR count). The van der Waals surface area contributed by atoms with E-state index >= 15 is 0 Å². The van der Waals surface area contributed by atoms with E-state index < -0.39 is 17.9 Å². The number of nitrogens with zero attached hydrogens (tertiary/aromatic N) is 1. The van der Waals surface area contributed by atoms with Crippen molar-refractivity contribution in [2.75, 3.05) is 0 Å². The number of hydrogen-bond donors (Lipinski definition) is 2. The van der Waals surface area contributed by atoms with Crippen LogP contribution in [0.5, 0.6) is 5.75 Å². The van der Waals surface area contributed by atoms with Gasteiger partial charge in [0, 0.05) is 0 Å². The molecule has 6 nitrogen and oxygen atoms in total. The molecule has 1 heterocycles. The Balaban J connectivity index is 1.86. The van der Waals surface area contributed by atoms with Crippen LogP contribution in [0.4, 0.5) is 4.39 Å². The Bertz CT molecular complexity index is 762. The maximum absolute atomic E-state index is 12.9. The molecule has 2 aromatic rings. The zero-order chi connectivity index (χ0) is 19.1. The SMILES string of the molecule is CCCCc1nc(C)c(C(=O)NNC(=O)C(C)Oc2ccc(F)cc2)s1. The molecular formula is C18H22FN3O3S. The molecule has 0 bridgehead atoms. The van der Waals surface area contributed by atoms with Gasteiger partial charge < -0.3 is 4.74 Å². The van der Waals surface area contributed by atoms with Crippen molar-refractivity contribution in [3.05, 3.63) is 45.7 Å². The molecule has 1 aromatic heterocycles. The molecular weight excluding hydrogens is 357 g/mol. The molecule has 2 amide bonds. The van der Waals surface area contributed by atoms with E-state index in [4.69, 9.17) is 4.74 Å². The monoisotopic (exact) mass is 379 g/mol. The molecule has 0 spiro atoms. The van der Waals surface area contributed by atoms with E-state index in [0.717, 1.165) is 24.3 Å².